The Morgan fingerprint density at radius 1 is 1.07 bits per heavy atom. The zero-order valence-corrected chi connectivity index (χ0v) is 15.5. The van der Waals surface area contributed by atoms with E-state index < -0.39 is 0 Å². The number of nitrogens with zero attached hydrogens (tertiary/aromatic N) is 5. The van der Waals surface area contributed by atoms with Gasteiger partial charge in [-0.1, -0.05) is 6.07 Å². The molecule has 27 heavy (non-hydrogen) atoms. The second kappa shape index (κ2) is 6.53. The summed E-state index contributed by atoms with van der Waals surface area (Å²) in [6.07, 6.45) is 9.22. The number of aryl methyl sites for hydroxylation is 1. The molecule has 138 valence electrons. The average Bonchev–Trinajstić information content (AvgIpc) is 3.37. The molecule has 2 fully saturated rings. The predicted octanol–water partition coefficient (Wildman–Crippen LogP) is 2.77. The van der Waals surface area contributed by atoms with Crippen molar-refractivity contribution >= 4 is 16.7 Å². The molecule has 5 rings (SSSR count). The molecule has 2 aromatic heterocycles. The van der Waals surface area contributed by atoms with Crippen LogP contribution >= 0.6 is 0 Å². The Bertz CT molecular complexity index is 991. The molecule has 0 unspecified atom stereocenters. The lowest BCUT2D eigenvalue weighted by atomic mass is 10.0. The van der Waals surface area contributed by atoms with Crippen LogP contribution in [-0.4, -0.2) is 49.3 Å². The second-order valence-electron chi connectivity index (χ2n) is 7.86. The van der Waals surface area contributed by atoms with Crippen molar-refractivity contribution in [3.05, 3.63) is 42.4 Å². The second-order valence-corrected chi connectivity index (χ2v) is 7.86. The van der Waals surface area contributed by atoms with Gasteiger partial charge < -0.3 is 0 Å². The van der Waals surface area contributed by atoms with Gasteiger partial charge in [-0.15, -0.1) is 0 Å². The van der Waals surface area contributed by atoms with Crippen molar-refractivity contribution in [3.8, 4) is 11.1 Å². The van der Waals surface area contributed by atoms with E-state index in [4.69, 9.17) is 0 Å². The highest BCUT2D eigenvalue weighted by Crippen LogP contribution is 2.37. The number of fused-ring (bicyclic) bond motifs is 3. The van der Waals surface area contributed by atoms with Crippen LogP contribution < -0.4 is 0 Å². The summed E-state index contributed by atoms with van der Waals surface area (Å²) in [5.41, 5.74) is 3.76. The maximum Gasteiger partial charge on any atom is 0.152 e. The normalized spacial score (nSPS) is 22.0. The predicted molar refractivity (Wildman–Crippen MR) is 103 cm³/mol. The minimum atomic E-state index is 0.242. The summed E-state index contributed by atoms with van der Waals surface area (Å²) in [6, 6.07) is 9.35. The third-order valence-corrected chi connectivity index (χ3v) is 6.02. The number of ketones is 1. The molecule has 2 saturated heterocycles. The van der Waals surface area contributed by atoms with Crippen LogP contribution in [0.5, 0.6) is 0 Å². The van der Waals surface area contributed by atoms with Gasteiger partial charge in [-0.3, -0.25) is 14.4 Å². The molecule has 3 aromatic rings. The van der Waals surface area contributed by atoms with Gasteiger partial charge in [-0.05, 0) is 49.4 Å². The molecular formula is C21H23N5O. The monoisotopic (exact) mass is 361 g/mol. The van der Waals surface area contributed by atoms with E-state index in [1.807, 2.05) is 37.6 Å². The van der Waals surface area contributed by atoms with Gasteiger partial charge in [0.15, 0.2) is 5.78 Å². The van der Waals surface area contributed by atoms with Gasteiger partial charge in [-0.25, -0.2) is 0 Å². The van der Waals surface area contributed by atoms with E-state index in [-0.39, 0.29) is 5.78 Å². The maximum atomic E-state index is 12.6. The molecular weight excluding hydrogens is 338 g/mol. The summed E-state index contributed by atoms with van der Waals surface area (Å²) >= 11 is 0. The molecule has 0 aliphatic carbocycles. The van der Waals surface area contributed by atoms with Crippen LogP contribution in [0, 0.1) is 0 Å². The number of hydrogen-bond acceptors (Lipinski definition) is 5. The molecule has 6 nitrogen and oxygen atoms in total. The molecule has 2 aliphatic heterocycles. The molecule has 2 aliphatic rings. The summed E-state index contributed by atoms with van der Waals surface area (Å²) in [7, 11) is 1.91. The quantitative estimate of drug-likeness (QED) is 0.699. The highest BCUT2D eigenvalue weighted by molar-refractivity contribution is 5.86. The fourth-order valence-corrected chi connectivity index (χ4v) is 4.66. The number of aromatic nitrogens is 4. The van der Waals surface area contributed by atoms with Crippen molar-refractivity contribution in [3.63, 3.8) is 0 Å². The number of carbonyl (C=O) groups excluding carboxylic acids is 1. The summed E-state index contributed by atoms with van der Waals surface area (Å²) in [5.74, 6) is 0.242. The zero-order chi connectivity index (χ0) is 18.4. The standard InChI is InChI=1S/C21H23N5O/c1-25-12-16(11-22-25)14-2-7-21-15(8-14)9-17(23-24-21)10-20(27)13-26-18-3-4-19(26)6-5-18/h2,7-9,11-12,18-19H,3-6,10,13H2,1H3. The van der Waals surface area contributed by atoms with Crippen molar-refractivity contribution in [2.45, 2.75) is 44.2 Å². The van der Waals surface area contributed by atoms with E-state index in [2.05, 4.69) is 26.3 Å². The van der Waals surface area contributed by atoms with Crippen LogP contribution in [0.2, 0.25) is 0 Å². The molecule has 0 N–H and O–H groups in total. The number of Topliss-reactive ketones (excluding diaryl/α,β-unsaturated/α-hetero) is 1. The lowest BCUT2D eigenvalue weighted by molar-refractivity contribution is -0.119. The van der Waals surface area contributed by atoms with Gasteiger partial charge in [0.25, 0.3) is 0 Å². The third-order valence-electron chi connectivity index (χ3n) is 6.02. The van der Waals surface area contributed by atoms with Gasteiger partial charge in [0.1, 0.15) is 0 Å². The van der Waals surface area contributed by atoms with Crippen LogP contribution in [0.1, 0.15) is 31.4 Å². The van der Waals surface area contributed by atoms with Crippen molar-refractivity contribution < 1.29 is 4.79 Å². The molecule has 1 aromatic carbocycles. The van der Waals surface area contributed by atoms with Gasteiger partial charge >= 0.3 is 0 Å². The minimum Gasteiger partial charge on any atom is -0.298 e. The van der Waals surface area contributed by atoms with E-state index in [0.29, 0.717) is 25.0 Å². The third kappa shape index (κ3) is 3.14. The fraction of sp³-hybridized carbons (Fsp3) is 0.429. The largest absolute Gasteiger partial charge is 0.298 e. The number of hydrogen-bond donors (Lipinski definition) is 0. The Labute approximate surface area is 158 Å². The van der Waals surface area contributed by atoms with Crippen LogP contribution in [0.25, 0.3) is 22.0 Å². The Morgan fingerprint density at radius 3 is 2.56 bits per heavy atom. The summed E-state index contributed by atoms with van der Waals surface area (Å²) in [6.45, 7) is 0.560. The molecule has 4 heterocycles. The lowest BCUT2D eigenvalue weighted by Crippen LogP contribution is -2.34. The molecule has 0 amide bonds. The van der Waals surface area contributed by atoms with Crippen molar-refractivity contribution in [1.82, 2.24) is 24.9 Å². The Balaban J connectivity index is 1.35. The van der Waals surface area contributed by atoms with Gasteiger partial charge in [0.05, 0.1) is 30.4 Å². The smallest absolute Gasteiger partial charge is 0.152 e. The first-order valence-corrected chi connectivity index (χ1v) is 9.68. The van der Waals surface area contributed by atoms with Crippen LogP contribution in [0.3, 0.4) is 0 Å². The summed E-state index contributed by atoms with van der Waals surface area (Å²) in [5, 5.41) is 13.8. The molecule has 6 heteroatoms. The van der Waals surface area contributed by atoms with Gasteiger partial charge in [0, 0.05) is 36.3 Å². The van der Waals surface area contributed by atoms with E-state index in [0.717, 1.165) is 27.7 Å². The summed E-state index contributed by atoms with van der Waals surface area (Å²) < 4.78 is 1.79. The Morgan fingerprint density at radius 2 is 1.85 bits per heavy atom. The number of carbonyl (C=O) groups is 1. The van der Waals surface area contributed by atoms with E-state index in [1.165, 1.54) is 25.7 Å². The Kier molecular flexibility index (Phi) is 4.01. The van der Waals surface area contributed by atoms with Gasteiger partial charge in [0.2, 0.25) is 0 Å². The van der Waals surface area contributed by atoms with Crippen LogP contribution in [0.15, 0.2) is 36.7 Å². The maximum absolute atomic E-state index is 12.6. The fourth-order valence-electron chi connectivity index (χ4n) is 4.66. The highest BCUT2D eigenvalue weighted by Gasteiger charge is 2.39. The molecule has 0 spiro atoms. The first-order valence-electron chi connectivity index (χ1n) is 9.68. The number of rotatable bonds is 5. The summed E-state index contributed by atoms with van der Waals surface area (Å²) in [4.78, 5) is 15.0. The minimum absolute atomic E-state index is 0.242. The molecule has 0 saturated carbocycles. The average molecular weight is 361 g/mol. The van der Waals surface area contributed by atoms with Crippen molar-refractivity contribution in [2.24, 2.45) is 7.05 Å². The van der Waals surface area contributed by atoms with E-state index in [1.54, 1.807) is 4.68 Å². The molecule has 2 bridgehead atoms. The van der Waals surface area contributed by atoms with E-state index >= 15 is 0 Å². The lowest BCUT2D eigenvalue weighted by Gasteiger charge is -2.20. The Hall–Kier alpha value is -2.60. The van der Waals surface area contributed by atoms with E-state index in [9.17, 15) is 4.79 Å². The van der Waals surface area contributed by atoms with Gasteiger partial charge in [-0.2, -0.15) is 15.3 Å². The molecule has 0 radical (unpaired) electrons. The van der Waals surface area contributed by atoms with Crippen LogP contribution in [-0.2, 0) is 18.3 Å². The molecule has 0 atom stereocenters. The van der Waals surface area contributed by atoms with Crippen LogP contribution in [0.4, 0.5) is 0 Å². The first-order chi connectivity index (χ1) is 13.2. The highest BCUT2D eigenvalue weighted by atomic mass is 16.1. The number of benzene rings is 1. The zero-order valence-electron chi connectivity index (χ0n) is 15.5. The van der Waals surface area contributed by atoms with Crippen molar-refractivity contribution in [2.75, 3.05) is 6.54 Å². The topological polar surface area (TPSA) is 63.9 Å². The van der Waals surface area contributed by atoms with Crippen molar-refractivity contribution in [1.29, 1.82) is 0 Å². The first kappa shape index (κ1) is 16.6. The SMILES string of the molecule is Cn1cc(-c2ccc3nnc(CC(=O)CN4C5CCC4CC5)cc3c2)cn1.